The first-order chi connectivity index (χ1) is 8.09. The van der Waals surface area contributed by atoms with Crippen LogP contribution in [0, 0.1) is 0 Å². The third-order valence-corrected chi connectivity index (χ3v) is 2.37. The summed E-state index contributed by atoms with van der Waals surface area (Å²) in [5, 5.41) is 10.5. The second-order valence-electron chi connectivity index (χ2n) is 3.66. The third-order valence-electron chi connectivity index (χ3n) is 2.37. The Labute approximate surface area is 98.7 Å². The lowest BCUT2D eigenvalue weighted by molar-refractivity contribution is -0.138. The maximum absolute atomic E-state index is 11.6. The van der Waals surface area contributed by atoms with Crippen molar-refractivity contribution in [3.63, 3.8) is 0 Å². The Morgan fingerprint density at radius 1 is 1.18 bits per heavy atom. The molecular formula is C10H16N2O5. The normalized spacial score (nSPS) is 15.4. The molecule has 1 aliphatic rings. The quantitative estimate of drug-likeness (QED) is 0.635. The van der Waals surface area contributed by atoms with Crippen LogP contribution in [0.5, 0.6) is 0 Å². The highest BCUT2D eigenvalue weighted by molar-refractivity contribution is 5.85. The van der Waals surface area contributed by atoms with Crippen molar-refractivity contribution < 1.29 is 24.2 Å². The molecule has 0 saturated carbocycles. The van der Waals surface area contributed by atoms with E-state index in [0.29, 0.717) is 26.3 Å². The standard InChI is InChI=1S/C10H16N2O5/c13-8(11-7-10(15)16)1-2-9(14)12-3-5-17-6-4-12/h1-7H2,(H,11,13)(H,15,16). The molecule has 0 aromatic heterocycles. The Morgan fingerprint density at radius 2 is 1.82 bits per heavy atom. The van der Waals surface area contributed by atoms with Crippen molar-refractivity contribution in [2.75, 3.05) is 32.8 Å². The molecule has 7 nitrogen and oxygen atoms in total. The molecule has 0 spiro atoms. The minimum Gasteiger partial charge on any atom is -0.480 e. The SMILES string of the molecule is O=C(O)CNC(=O)CCC(=O)N1CCOCC1. The first-order valence-corrected chi connectivity index (χ1v) is 5.43. The average Bonchev–Trinajstić information content (AvgIpc) is 2.34. The van der Waals surface area contributed by atoms with E-state index in [1.54, 1.807) is 4.90 Å². The molecule has 0 aromatic carbocycles. The molecule has 2 amide bonds. The highest BCUT2D eigenvalue weighted by Crippen LogP contribution is 2.02. The van der Waals surface area contributed by atoms with Crippen molar-refractivity contribution >= 4 is 17.8 Å². The van der Waals surface area contributed by atoms with Gasteiger partial charge in [-0.2, -0.15) is 0 Å². The van der Waals surface area contributed by atoms with Gasteiger partial charge < -0.3 is 20.1 Å². The summed E-state index contributed by atoms with van der Waals surface area (Å²) in [6.45, 7) is 1.74. The number of carbonyl (C=O) groups excluding carboxylic acids is 2. The van der Waals surface area contributed by atoms with Crippen LogP contribution < -0.4 is 5.32 Å². The first-order valence-electron chi connectivity index (χ1n) is 5.43. The Balaban J connectivity index is 2.18. The second kappa shape index (κ2) is 6.85. The van der Waals surface area contributed by atoms with E-state index in [-0.39, 0.29) is 18.7 Å². The minimum absolute atomic E-state index is 0.0173. The molecule has 1 saturated heterocycles. The predicted octanol–water partition coefficient (Wildman–Crippen LogP) is -1.17. The largest absolute Gasteiger partial charge is 0.480 e. The van der Waals surface area contributed by atoms with Crippen LogP contribution >= 0.6 is 0 Å². The van der Waals surface area contributed by atoms with Crippen LogP contribution in [0.25, 0.3) is 0 Å². The van der Waals surface area contributed by atoms with E-state index in [1.807, 2.05) is 0 Å². The first kappa shape index (κ1) is 13.4. The van der Waals surface area contributed by atoms with Gasteiger partial charge in [0, 0.05) is 25.9 Å². The topological polar surface area (TPSA) is 95.9 Å². The molecule has 2 N–H and O–H groups in total. The monoisotopic (exact) mass is 244 g/mol. The molecule has 0 unspecified atom stereocenters. The smallest absolute Gasteiger partial charge is 0.322 e. The molecule has 1 aliphatic heterocycles. The lowest BCUT2D eigenvalue weighted by Gasteiger charge is -2.26. The number of hydrogen-bond donors (Lipinski definition) is 2. The van der Waals surface area contributed by atoms with Gasteiger partial charge >= 0.3 is 5.97 Å². The molecular weight excluding hydrogens is 228 g/mol. The lowest BCUT2D eigenvalue weighted by Crippen LogP contribution is -2.41. The van der Waals surface area contributed by atoms with Crippen LogP contribution in [0.1, 0.15) is 12.8 Å². The zero-order chi connectivity index (χ0) is 12.7. The van der Waals surface area contributed by atoms with E-state index < -0.39 is 18.4 Å². The molecule has 1 fully saturated rings. The van der Waals surface area contributed by atoms with Gasteiger partial charge in [-0.15, -0.1) is 0 Å². The number of nitrogens with zero attached hydrogens (tertiary/aromatic N) is 1. The molecule has 1 heterocycles. The summed E-state index contributed by atoms with van der Waals surface area (Å²) < 4.78 is 5.10. The summed E-state index contributed by atoms with van der Waals surface area (Å²) in [4.78, 5) is 34.6. The molecule has 0 atom stereocenters. The zero-order valence-electron chi connectivity index (χ0n) is 9.48. The summed E-state index contributed by atoms with van der Waals surface area (Å²) >= 11 is 0. The van der Waals surface area contributed by atoms with Crippen LogP contribution in [0.2, 0.25) is 0 Å². The van der Waals surface area contributed by atoms with Crippen LogP contribution in [0.4, 0.5) is 0 Å². The van der Waals surface area contributed by atoms with E-state index in [0.717, 1.165) is 0 Å². The Morgan fingerprint density at radius 3 is 2.41 bits per heavy atom. The Kier molecular flexibility index (Phi) is 5.41. The fraction of sp³-hybridized carbons (Fsp3) is 0.700. The number of morpholine rings is 1. The molecule has 7 heteroatoms. The van der Waals surface area contributed by atoms with E-state index in [4.69, 9.17) is 9.84 Å². The van der Waals surface area contributed by atoms with Crippen LogP contribution in [0.15, 0.2) is 0 Å². The summed E-state index contributed by atoms with van der Waals surface area (Å²) in [7, 11) is 0. The number of aliphatic carboxylic acids is 1. The van der Waals surface area contributed by atoms with Crippen molar-refractivity contribution in [2.45, 2.75) is 12.8 Å². The maximum Gasteiger partial charge on any atom is 0.322 e. The van der Waals surface area contributed by atoms with Crippen molar-refractivity contribution in [1.82, 2.24) is 10.2 Å². The third kappa shape index (κ3) is 5.30. The number of hydrogen-bond acceptors (Lipinski definition) is 4. The molecule has 17 heavy (non-hydrogen) atoms. The molecule has 0 aliphatic carbocycles. The average molecular weight is 244 g/mol. The van der Waals surface area contributed by atoms with Gasteiger partial charge in [0.05, 0.1) is 13.2 Å². The summed E-state index contributed by atoms with van der Waals surface area (Å²) in [5.41, 5.74) is 0. The highest BCUT2D eigenvalue weighted by atomic mass is 16.5. The molecule has 0 bridgehead atoms. The van der Waals surface area contributed by atoms with E-state index in [2.05, 4.69) is 5.32 Å². The van der Waals surface area contributed by atoms with Gasteiger partial charge in [0.15, 0.2) is 0 Å². The van der Waals surface area contributed by atoms with Gasteiger partial charge in [0.25, 0.3) is 0 Å². The van der Waals surface area contributed by atoms with Crippen molar-refractivity contribution in [3.8, 4) is 0 Å². The zero-order valence-corrected chi connectivity index (χ0v) is 9.48. The van der Waals surface area contributed by atoms with Gasteiger partial charge in [0.2, 0.25) is 11.8 Å². The predicted molar refractivity (Wildman–Crippen MR) is 57.3 cm³/mol. The van der Waals surface area contributed by atoms with Crippen LogP contribution in [-0.4, -0.2) is 60.6 Å². The second-order valence-corrected chi connectivity index (χ2v) is 3.66. The summed E-state index contributed by atoms with van der Waals surface area (Å²) in [6.07, 6.45) is 0.120. The summed E-state index contributed by atoms with van der Waals surface area (Å²) in [5.74, 6) is -1.62. The number of nitrogens with one attached hydrogen (secondary N) is 1. The number of carbonyl (C=O) groups is 3. The fourth-order valence-corrected chi connectivity index (χ4v) is 1.45. The molecule has 0 radical (unpaired) electrons. The Hall–Kier alpha value is -1.63. The van der Waals surface area contributed by atoms with Gasteiger partial charge in [0.1, 0.15) is 6.54 Å². The number of carboxylic acids is 1. The summed E-state index contributed by atoms with van der Waals surface area (Å²) in [6, 6.07) is 0. The van der Waals surface area contributed by atoms with Gasteiger partial charge in [-0.05, 0) is 0 Å². The van der Waals surface area contributed by atoms with Crippen LogP contribution in [0.3, 0.4) is 0 Å². The van der Waals surface area contributed by atoms with Gasteiger partial charge in [-0.25, -0.2) is 0 Å². The number of carboxylic acid groups (broad SMARTS) is 1. The minimum atomic E-state index is -1.10. The fourth-order valence-electron chi connectivity index (χ4n) is 1.45. The van der Waals surface area contributed by atoms with Crippen molar-refractivity contribution in [2.24, 2.45) is 0 Å². The maximum atomic E-state index is 11.6. The number of amides is 2. The van der Waals surface area contributed by atoms with E-state index >= 15 is 0 Å². The molecule has 1 rings (SSSR count). The number of ether oxygens (including phenoxy) is 1. The van der Waals surface area contributed by atoms with E-state index in [1.165, 1.54) is 0 Å². The van der Waals surface area contributed by atoms with E-state index in [9.17, 15) is 14.4 Å². The van der Waals surface area contributed by atoms with Crippen LogP contribution in [-0.2, 0) is 19.1 Å². The highest BCUT2D eigenvalue weighted by Gasteiger charge is 2.17. The van der Waals surface area contributed by atoms with Gasteiger partial charge in [-0.1, -0.05) is 0 Å². The van der Waals surface area contributed by atoms with Gasteiger partial charge in [-0.3, -0.25) is 14.4 Å². The molecule has 96 valence electrons. The number of rotatable bonds is 5. The Bertz CT molecular complexity index is 299. The van der Waals surface area contributed by atoms with Crippen molar-refractivity contribution in [3.05, 3.63) is 0 Å². The van der Waals surface area contributed by atoms with Crippen molar-refractivity contribution in [1.29, 1.82) is 0 Å². The lowest BCUT2D eigenvalue weighted by atomic mass is 10.2. The molecule has 0 aromatic rings.